The Morgan fingerprint density at radius 2 is 1.58 bits per heavy atom. The van der Waals surface area contributed by atoms with E-state index < -0.39 is 29.4 Å². The van der Waals surface area contributed by atoms with Crippen LogP contribution in [0.1, 0.15) is 148 Å². The monoisotopic (exact) mass is 992 g/mol. The second-order valence-electron chi connectivity index (χ2n) is 20.1. The third-order valence-electron chi connectivity index (χ3n) is 13.8. The number of methoxy groups -OCH3 is 2. The van der Waals surface area contributed by atoms with Crippen molar-refractivity contribution < 1.29 is 58.2 Å². The van der Waals surface area contributed by atoms with Crippen molar-refractivity contribution in [2.75, 3.05) is 65.7 Å². The zero-order valence-corrected chi connectivity index (χ0v) is 43.6. The van der Waals surface area contributed by atoms with E-state index in [2.05, 4.69) is 24.9 Å². The van der Waals surface area contributed by atoms with E-state index in [4.69, 9.17) is 38.4 Å². The number of nitrogens with zero attached hydrogens (tertiary/aromatic N) is 2. The van der Waals surface area contributed by atoms with Crippen LogP contribution in [-0.2, 0) is 19.1 Å². The molecule has 396 valence electrons. The molecule has 0 saturated heterocycles. The lowest BCUT2D eigenvalue weighted by molar-refractivity contribution is -0.258. The number of ether oxygens (including phenoxy) is 6. The number of carbonyl (C=O) groups excluding carboxylic acids is 2. The summed E-state index contributed by atoms with van der Waals surface area (Å²) in [5.41, 5.74) is 2.15. The van der Waals surface area contributed by atoms with E-state index in [-0.39, 0.29) is 82.0 Å². The standard InChI is InChI=1S/C56H85N3O12/c1-8-10-11-12-13-14-15-16-17-24-51(63)59(29-34-67-35-32-62)50-39-47(58-71-55(3,4)5)44-36-40(22-18-20-30-60)43(23-19-21-31-61)52-45-37-42(26-28-48(45)70-56(50,53(44)52)68-33-9-2)69-54(64)57-46-27-25-41(65-6)38-49(46)66-7/h9,25-28,36-38,40,43,50,52-53,60-62H,2,8,10-24,29-35,39H2,1,3-7H3,(H,57,64)/t40-,43+,50-,52+,53+,56+/m0/s1. The maximum absolute atomic E-state index is 15.0. The van der Waals surface area contributed by atoms with Crippen molar-refractivity contribution in [3.63, 3.8) is 0 Å². The topological polar surface area (TPSA) is 187 Å². The van der Waals surface area contributed by atoms with E-state index in [1.807, 2.05) is 37.8 Å². The van der Waals surface area contributed by atoms with E-state index in [0.29, 0.717) is 47.9 Å². The number of aliphatic hydroxyl groups excluding tert-OH is 3. The Bertz CT molecular complexity index is 2040. The highest BCUT2D eigenvalue weighted by Gasteiger charge is 2.65. The fraction of sp³-hybridized carbons (Fsp3) is 0.661. The molecular weight excluding hydrogens is 907 g/mol. The first-order valence-electron chi connectivity index (χ1n) is 26.3. The number of benzene rings is 2. The fourth-order valence-electron chi connectivity index (χ4n) is 10.6. The van der Waals surface area contributed by atoms with Crippen molar-refractivity contribution in [1.82, 2.24) is 4.90 Å². The lowest BCUT2D eigenvalue weighted by Gasteiger charge is -2.60. The molecule has 1 fully saturated rings. The first kappa shape index (κ1) is 57.2. The number of anilines is 1. The molecule has 15 nitrogen and oxygen atoms in total. The molecule has 6 atom stereocenters. The molecule has 5 rings (SSSR count). The van der Waals surface area contributed by atoms with Gasteiger partial charge in [0.25, 0.3) is 0 Å². The van der Waals surface area contributed by atoms with Crippen LogP contribution < -0.4 is 24.3 Å². The van der Waals surface area contributed by atoms with Crippen molar-refractivity contribution in [3.8, 4) is 23.0 Å². The van der Waals surface area contributed by atoms with Gasteiger partial charge in [-0.05, 0) is 101 Å². The lowest BCUT2D eigenvalue weighted by atomic mass is 9.55. The Balaban J connectivity index is 1.66. The molecular formula is C56H85N3O12. The summed E-state index contributed by atoms with van der Waals surface area (Å²) >= 11 is 0. The minimum atomic E-state index is -1.47. The third kappa shape index (κ3) is 15.9. The van der Waals surface area contributed by atoms with E-state index in [1.54, 1.807) is 37.5 Å². The molecule has 71 heavy (non-hydrogen) atoms. The molecule has 2 amide bonds. The Hall–Kier alpha value is -4.67. The van der Waals surface area contributed by atoms with E-state index in [0.717, 1.165) is 62.5 Å². The SMILES string of the molecule is C=CCO[C@@]12Oc3ccc(OC(=O)Nc4ccc(OC)cc4OC)cc3[C@H]3[C@H](CCCCO)[C@@H](CCCCO)C=C(C(=NOC(C)(C)C)C[C@@H]1N(CCOCCO)C(=O)CCCCCCCCCCC)[C@H]32. The van der Waals surface area contributed by atoms with Crippen molar-refractivity contribution in [2.24, 2.45) is 22.9 Å². The van der Waals surface area contributed by atoms with E-state index in [9.17, 15) is 24.9 Å². The maximum Gasteiger partial charge on any atom is 0.417 e. The number of fused-ring (bicyclic) bond motifs is 2. The number of nitrogens with one attached hydrogen (secondary N) is 1. The summed E-state index contributed by atoms with van der Waals surface area (Å²) in [6.07, 6.45) is 18.2. The quantitative estimate of drug-likeness (QED) is 0.0309. The van der Waals surface area contributed by atoms with Crippen LogP contribution in [0.25, 0.3) is 0 Å². The number of oxime groups is 1. The lowest BCUT2D eigenvalue weighted by Crippen LogP contribution is -2.70. The Kier molecular flexibility index (Phi) is 23.5. The van der Waals surface area contributed by atoms with Gasteiger partial charge in [-0.15, -0.1) is 6.58 Å². The van der Waals surface area contributed by atoms with Gasteiger partial charge in [-0.1, -0.05) is 88.4 Å². The van der Waals surface area contributed by atoms with Crippen LogP contribution in [-0.4, -0.2) is 116 Å². The summed E-state index contributed by atoms with van der Waals surface area (Å²) in [7, 11) is 3.06. The molecule has 3 aliphatic rings. The summed E-state index contributed by atoms with van der Waals surface area (Å²) < 4.78 is 37.3. The largest absolute Gasteiger partial charge is 0.497 e. The van der Waals surface area contributed by atoms with Crippen molar-refractivity contribution >= 4 is 23.4 Å². The van der Waals surface area contributed by atoms with Crippen molar-refractivity contribution in [2.45, 2.75) is 160 Å². The third-order valence-corrected chi connectivity index (χ3v) is 13.8. The van der Waals surface area contributed by atoms with Crippen LogP contribution in [0.5, 0.6) is 23.0 Å². The van der Waals surface area contributed by atoms with Gasteiger partial charge in [0.05, 0.1) is 58.0 Å². The number of aliphatic hydroxyl groups is 3. The Labute approximate surface area is 423 Å². The number of allylic oxidation sites excluding steroid dienone is 1. The molecule has 4 N–H and O–H groups in total. The van der Waals surface area contributed by atoms with Crippen LogP contribution in [0.4, 0.5) is 10.5 Å². The van der Waals surface area contributed by atoms with Crippen LogP contribution >= 0.6 is 0 Å². The van der Waals surface area contributed by atoms with Gasteiger partial charge >= 0.3 is 6.09 Å². The molecule has 1 saturated carbocycles. The zero-order chi connectivity index (χ0) is 51.2. The van der Waals surface area contributed by atoms with E-state index in [1.165, 1.54) is 39.2 Å². The van der Waals surface area contributed by atoms with Crippen LogP contribution in [0.3, 0.4) is 0 Å². The van der Waals surface area contributed by atoms with Gasteiger partial charge < -0.3 is 53.5 Å². The normalized spacial score (nSPS) is 21.8. The molecule has 1 aliphatic heterocycles. The van der Waals surface area contributed by atoms with Crippen LogP contribution in [0.2, 0.25) is 0 Å². The predicted octanol–water partition coefficient (Wildman–Crippen LogP) is 10.5. The molecule has 1 heterocycles. The van der Waals surface area contributed by atoms with Gasteiger partial charge in [-0.25, -0.2) is 4.79 Å². The van der Waals surface area contributed by atoms with E-state index >= 15 is 0 Å². The van der Waals surface area contributed by atoms with Crippen molar-refractivity contribution in [1.29, 1.82) is 0 Å². The van der Waals surface area contributed by atoms with Gasteiger partial charge in [0, 0.05) is 50.1 Å². The van der Waals surface area contributed by atoms with Gasteiger partial charge in [0.15, 0.2) is 0 Å². The van der Waals surface area contributed by atoms with Crippen LogP contribution in [0, 0.1) is 17.8 Å². The molecule has 0 spiro atoms. The molecule has 2 aromatic rings. The number of hydrogen-bond donors (Lipinski definition) is 4. The molecule has 2 aliphatic carbocycles. The highest BCUT2D eigenvalue weighted by molar-refractivity contribution is 6.03. The summed E-state index contributed by atoms with van der Waals surface area (Å²) in [4.78, 5) is 36.8. The minimum Gasteiger partial charge on any atom is -0.497 e. The fourth-order valence-corrected chi connectivity index (χ4v) is 10.6. The summed E-state index contributed by atoms with van der Waals surface area (Å²) in [5, 5.41) is 37.5. The molecule has 2 aromatic carbocycles. The summed E-state index contributed by atoms with van der Waals surface area (Å²) in [6, 6.07) is 9.72. The second-order valence-corrected chi connectivity index (χ2v) is 20.1. The van der Waals surface area contributed by atoms with Gasteiger partial charge in [-0.2, -0.15) is 0 Å². The maximum atomic E-state index is 15.0. The molecule has 15 heteroatoms. The number of amides is 2. The smallest absolute Gasteiger partial charge is 0.417 e. The molecule has 0 radical (unpaired) electrons. The number of unbranched alkanes of at least 4 members (excludes halogenated alkanes) is 10. The number of carbonyl (C=O) groups is 2. The summed E-state index contributed by atoms with van der Waals surface area (Å²) in [6.45, 7) is 12.7. The Morgan fingerprint density at radius 1 is 0.873 bits per heavy atom. The first-order chi connectivity index (χ1) is 34.4. The highest BCUT2D eigenvalue weighted by Crippen LogP contribution is 2.62. The molecule has 0 bridgehead atoms. The Morgan fingerprint density at radius 3 is 2.24 bits per heavy atom. The molecule has 0 aromatic heterocycles. The van der Waals surface area contributed by atoms with Gasteiger partial charge in [0.1, 0.15) is 34.6 Å². The predicted molar refractivity (Wildman–Crippen MR) is 276 cm³/mol. The van der Waals surface area contributed by atoms with Crippen LogP contribution in [0.15, 0.2) is 65.9 Å². The summed E-state index contributed by atoms with van der Waals surface area (Å²) in [5.74, 6) is -0.678. The van der Waals surface area contributed by atoms with Gasteiger partial charge in [0.2, 0.25) is 11.7 Å². The van der Waals surface area contributed by atoms with Gasteiger partial charge in [-0.3, -0.25) is 10.1 Å². The average Bonchev–Trinajstić information content (AvgIpc) is 3.35. The number of rotatable bonds is 32. The minimum absolute atomic E-state index is 0.00241. The second kappa shape index (κ2) is 29.1. The number of hydrogen-bond acceptors (Lipinski definition) is 13. The zero-order valence-electron chi connectivity index (χ0n) is 43.6. The van der Waals surface area contributed by atoms with Crippen molar-refractivity contribution in [3.05, 3.63) is 66.3 Å². The molecule has 0 unspecified atom stereocenters. The first-order valence-corrected chi connectivity index (χ1v) is 26.3. The average molecular weight is 992 g/mol. The highest BCUT2D eigenvalue weighted by atomic mass is 16.7.